The summed E-state index contributed by atoms with van der Waals surface area (Å²) >= 11 is 0. The van der Waals surface area contributed by atoms with Crippen molar-refractivity contribution in [1.29, 1.82) is 0 Å². The maximum atomic E-state index is 13.2. The van der Waals surface area contributed by atoms with Crippen LogP contribution in [0.3, 0.4) is 0 Å². The van der Waals surface area contributed by atoms with E-state index in [1.807, 2.05) is 30.0 Å². The SMILES string of the molecule is Cc1cc(CN(C)C(=O)C2C3C(=O)N(CCC(C)C)C[C@@]34C=C[C@@H]2O4)n[nH]1. The number of nitrogens with one attached hydrogen (secondary N) is 1. The van der Waals surface area contributed by atoms with Gasteiger partial charge in [0.1, 0.15) is 5.60 Å². The normalized spacial score (nSPS) is 31.2. The Kier molecular flexibility index (Phi) is 4.37. The van der Waals surface area contributed by atoms with Crippen LogP contribution in [0.2, 0.25) is 0 Å². The average molecular weight is 372 g/mol. The minimum Gasteiger partial charge on any atom is -0.360 e. The van der Waals surface area contributed by atoms with Crippen molar-refractivity contribution in [1.82, 2.24) is 20.0 Å². The number of amides is 2. The fourth-order valence-corrected chi connectivity index (χ4v) is 4.59. The minimum absolute atomic E-state index is 0.0454. The third-order valence-corrected chi connectivity index (χ3v) is 5.97. The zero-order valence-electron chi connectivity index (χ0n) is 16.4. The molecular weight excluding hydrogens is 344 g/mol. The van der Waals surface area contributed by atoms with Crippen molar-refractivity contribution in [2.45, 2.75) is 45.4 Å². The van der Waals surface area contributed by atoms with Gasteiger partial charge >= 0.3 is 0 Å². The molecule has 1 N–H and O–H groups in total. The fraction of sp³-hybridized carbons (Fsp3) is 0.650. The molecule has 0 saturated carbocycles. The Morgan fingerprint density at radius 2 is 2.30 bits per heavy atom. The molecule has 1 spiro atoms. The number of hydrogen-bond donors (Lipinski definition) is 1. The number of rotatable bonds is 6. The van der Waals surface area contributed by atoms with Crippen molar-refractivity contribution in [2.75, 3.05) is 20.1 Å². The number of aromatic nitrogens is 2. The summed E-state index contributed by atoms with van der Waals surface area (Å²) in [6, 6.07) is 1.93. The third kappa shape index (κ3) is 2.98. The van der Waals surface area contributed by atoms with Crippen LogP contribution in [0.4, 0.5) is 0 Å². The Morgan fingerprint density at radius 1 is 1.52 bits per heavy atom. The van der Waals surface area contributed by atoms with Gasteiger partial charge in [-0.2, -0.15) is 5.10 Å². The summed E-state index contributed by atoms with van der Waals surface area (Å²) in [6.45, 7) is 7.93. The van der Waals surface area contributed by atoms with Gasteiger partial charge in [0, 0.05) is 19.3 Å². The van der Waals surface area contributed by atoms with Crippen molar-refractivity contribution in [3.63, 3.8) is 0 Å². The highest BCUT2D eigenvalue weighted by atomic mass is 16.5. The van der Waals surface area contributed by atoms with Gasteiger partial charge in [0.25, 0.3) is 0 Å². The van der Waals surface area contributed by atoms with Gasteiger partial charge in [0.05, 0.1) is 36.7 Å². The van der Waals surface area contributed by atoms with E-state index in [2.05, 4.69) is 24.0 Å². The van der Waals surface area contributed by atoms with Gasteiger partial charge in [0.15, 0.2) is 0 Å². The number of fused-ring (bicyclic) bond motifs is 1. The monoisotopic (exact) mass is 372 g/mol. The first-order chi connectivity index (χ1) is 12.8. The lowest BCUT2D eigenvalue weighted by molar-refractivity contribution is -0.142. The predicted molar refractivity (Wildman–Crippen MR) is 99.6 cm³/mol. The lowest BCUT2D eigenvalue weighted by Gasteiger charge is -2.27. The molecule has 7 heteroatoms. The van der Waals surface area contributed by atoms with Crippen LogP contribution in [0.5, 0.6) is 0 Å². The predicted octanol–water partition coefficient (Wildman–Crippen LogP) is 1.50. The largest absolute Gasteiger partial charge is 0.360 e. The number of H-pyrrole nitrogens is 1. The second-order valence-electron chi connectivity index (χ2n) is 8.58. The van der Waals surface area contributed by atoms with Gasteiger partial charge in [-0.3, -0.25) is 14.7 Å². The summed E-state index contributed by atoms with van der Waals surface area (Å²) in [7, 11) is 1.77. The highest BCUT2D eigenvalue weighted by Gasteiger charge is 2.66. The van der Waals surface area contributed by atoms with Crippen molar-refractivity contribution in [3.05, 3.63) is 29.6 Å². The van der Waals surface area contributed by atoms with E-state index in [0.717, 1.165) is 24.4 Å². The van der Waals surface area contributed by atoms with Crippen LogP contribution in [-0.4, -0.2) is 63.7 Å². The van der Waals surface area contributed by atoms with Crippen LogP contribution < -0.4 is 0 Å². The van der Waals surface area contributed by atoms with Gasteiger partial charge in [-0.1, -0.05) is 26.0 Å². The molecule has 4 rings (SSSR count). The first kappa shape index (κ1) is 18.2. The quantitative estimate of drug-likeness (QED) is 0.768. The second-order valence-corrected chi connectivity index (χ2v) is 8.58. The molecule has 4 heterocycles. The molecule has 146 valence electrons. The van der Waals surface area contributed by atoms with Crippen LogP contribution in [-0.2, 0) is 20.9 Å². The van der Waals surface area contributed by atoms with E-state index in [4.69, 9.17) is 4.74 Å². The van der Waals surface area contributed by atoms with Gasteiger partial charge < -0.3 is 14.5 Å². The number of hydrogen-bond acceptors (Lipinski definition) is 4. The Balaban J connectivity index is 1.51. The zero-order valence-corrected chi connectivity index (χ0v) is 16.4. The second kappa shape index (κ2) is 6.48. The van der Waals surface area contributed by atoms with E-state index in [1.54, 1.807) is 11.9 Å². The van der Waals surface area contributed by atoms with Crippen LogP contribution in [0.15, 0.2) is 18.2 Å². The fourth-order valence-electron chi connectivity index (χ4n) is 4.59. The van der Waals surface area contributed by atoms with Crippen LogP contribution in [0, 0.1) is 24.7 Å². The molecule has 4 atom stereocenters. The highest BCUT2D eigenvalue weighted by Crippen LogP contribution is 2.52. The van der Waals surface area contributed by atoms with E-state index in [0.29, 0.717) is 19.0 Å². The van der Waals surface area contributed by atoms with E-state index < -0.39 is 17.4 Å². The number of likely N-dealkylation sites (tertiary alicyclic amines) is 1. The molecule has 0 radical (unpaired) electrons. The maximum Gasteiger partial charge on any atom is 0.230 e. The molecule has 1 aromatic heterocycles. The molecule has 2 bridgehead atoms. The van der Waals surface area contributed by atoms with E-state index >= 15 is 0 Å². The molecule has 0 aromatic carbocycles. The van der Waals surface area contributed by atoms with Gasteiger partial charge in [-0.15, -0.1) is 0 Å². The smallest absolute Gasteiger partial charge is 0.230 e. The number of nitrogens with zero attached hydrogens (tertiary/aromatic N) is 3. The van der Waals surface area contributed by atoms with E-state index in [-0.39, 0.29) is 17.9 Å². The molecule has 2 fully saturated rings. The van der Waals surface area contributed by atoms with Crippen molar-refractivity contribution >= 4 is 11.8 Å². The molecule has 0 aliphatic carbocycles. The van der Waals surface area contributed by atoms with Crippen molar-refractivity contribution < 1.29 is 14.3 Å². The molecule has 2 saturated heterocycles. The summed E-state index contributed by atoms with van der Waals surface area (Å²) in [4.78, 5) is 29.9. The Hall–Kier alpha value is -2.15. The van der Waals surface area contributed by atoms with E-state index in [1.165, 1.54) is 0 Å². The number of ether oxygens (including phenoxy) is 1. The molecule has 27 heavy (non-hydrogen) atoms. The Morgan fingerprint density at radius 3 is 2.96 bits per heavy atom. The first-order valence-electron chi connectivity index (χ1n) is 9.72. The molecule has 3 aliphatic heterocycles. The van der Waals surface area contributed by atoms with Gasteiger partial charge in [-0.25, -0.2) is 0 Å². The van der Waals surface area contributed by atoms with Crippen LogP contribution >= 0.6 is 0 Å². The van der Waals surface area contributed by atoms with Crippen LogP contribution in [0.1, 0.15) is 31.7 Å². The first-order valence-corrected chi connectivity index (χ1v) is 9.72. The number of aromatic amines is 1. The maximum absolute atomic E-state index is 13.2. The molecule has 7 nitrogen and oxygen atoms in total. The number of carbonyl (C=O) groups is 2. The lowest BCUT2D eigenvalue weighted by atomic mass is 9.76. The summed E-state index contributed by atoms with van der Waals surface area (Å²) in [5.74, 6) is -0.308. The number of carbonyl (C=O) groups excluding carboxylic acids is 2. The van der Waals surface area contributed by atoms with Crippen molar-refractivity contribution in [2.24, 2.45) is 17.8 Å². The van der Waals surface area contributed by atoms with Crippen LogP contribution in [0.25, 0.3) is 0 Å². The lowest BCUT2D eigenvalue weighted by Crippen LogP contribution is -2.44. The van der Waals surface area contributed by atoms with Crippen molar-refractivity contribution in [3.8, 4) is 0 Å². The Bertz CT molecular complexity index is 786. The summed E-state index contributed by atoms with van der Waals surface area (Å²) in [5, 5.41) is 7.10. The molecular formula is C20H28N4O3. The minimum atomic E-state index is -0.622. The third-order valence-electron chi connectivity index (χ3n) is 5.97. The van der Waals surface area contributed by atoms with Gasteiger partial charge in [0.2, 0.25) is 11.8 Å². The molecule has 3 aliphatic rings. The summed E-state index contributed by atoms with van der Waals surface area (Å²) < 4.78 is 6.19. The zero-order chi connectivity index (χ0) is 19.3. The molecule has 2 unspecified atom stereocenters. The van der Waals surface area contributed by atoms with Gasteiger partial charge in [-0.05, 0) is 25.3 Å². The average Bonchev–Trinajstić information content (AvgIpc) is 3.34. The summed E-state index contributed by atoms with van der Waals surface area (Å²) in [5.41, 5.74) is 1.15. The highest BCUT2D eigenvalue weighted by molar-refractivity contribution is 5.93. The molecule has 1 aromatic rings. The standard InChI is InChI=1S/C20H28N4O3/c1-12(2)6-8-24-11-20-7-5-15(27-20)16(17(20)19(24)26)18(25)23(4)10-14-9-13(3)21-22-14/h5,7,9,12,15-17H,6,8,10-11H2,1-4H3,(H,21,22)/t15-,16?,17?,20-/m0/s1. The molecule has 2 amide bonds. The number of aryl methyl sites for hydroxylation is 1. The topological polar surface area (TPSA) is 78.5 Å². The van der Waals surface area contributed by atoms with E-state index in [9.17, 15) is 9.59 Å². The Labute approximate surface area is 159 Å². The summed E-state index contributed by atoms with van der Waals surface area (Å²) in [6.07, 6.45) is 4.63.